The van der Waals surface area contributed by atoms with Crippen molar-refractivity contribution in [1.82, 2.24) is 15.1 Å². The second-order valence-electron chi connectivity index (χ2n) is 3.67. The Morgan fingerprint density at radius 1 is 1.35 bits per heavy atom. The minimum absolute atomic E-state index is 0.245. The monoisotopic (exact) mass is 237 g/mol. The maximum Gasteiger partial charge on any atom is 0.151 e. The van der Waals surface area contributed by atoms with Gasteiger partial charge in [-0.2, -0.15) is 5.10 Å². The first-order chi connectivity index (χ1) is 8.20. The van der Waals surface area contributed by atoms with E-state index < -0.39 is 11.6 Å². The third kappa shape index (κ3) is 2.68. The van der Waals surface area contributed by atoms with Gasteiger partial charge in [0.1, 0.15) is 11.5 Å². The Labute approximate surface area is 98.1 Å². The van der Waals surface area contributed by atoms with Gasteiger partial charge in [0.25, 0.3) is 0 Å². The molecule has 0 aliphatic carbocycles. The number of halogens is 2. The van der Waals surface area contributed by atoms with Crippen LogP contribution < -0.4 is 5.32 Å². The van der Waals surface area contributed by atoms with E-state index in [1.807, 2.05) is 6.92 Å². The fourth-order valence-electron chi connectivity index (χ4n) is 1.52. The van der Waals surface area contributed by atoms with E-state index in [1.165, 1.54) is 16.8 Å². The van der Waals surface area contributed by atoms with E-state index in [-0.39, 0.29) is 5.69 Å². The van der Waals surface area contributed by atoms with Crippen LogP contribution in [0.3, 0.4) is 0 Å². The minimum atomic E-state index is -0.622. The van der Waals surface area contributed by atoms with Crippen molar-refractivity contribution in [1.29, 1.82) is 0 Å². The van der Waals surface area contributed by atoms with E-state index in [0.717, 1.165) is 18.2 Å². The molecule has 17 heavy (non-hydrogen) atoms. The van der Waals surface area contributed by atoms with Crippen molar-refractivity contribution >= 4 is 0 Å². The predicted octanol–water partition coefficient (Wildman–Crippen LogP) is 2.26. The van der Waals surface area contributed by atoms with E-state index in [4.69, 9.17) is 0 Å². The third-order valence-corrected chi connectivity index (χ3v) is 2.37. The molecule has 0 amide bonds. The number of hydrogen-bond acceptors (Lipinski definition) is 2. The van der Waals surface area contributed by atoms with Gasteiger partial charge in [-0.25, -0.2) is 13.5 Å². The molecule has 1 aromatic carbocycles. The average molecular weight is 237 g/mol. The predicted molar refractivity (Wildman–Crippen MR) is 60.9 cm³/mol. The zero-order chi connectivity index (χ0) is 12.3. The second-order valence-corrected chi connectivity index (χ2v) is 3.67. The highest BCUT2D eigenvalue weighted by Crippen LogP contribution is 2.14. The van der Waals surface area contributed by atoms with Gasteiger partial charge in [-0.1, -0.05) is 6.92 Å². The smallest absolute Gasteiger partial charge is 0.151 e. The molecule has 0 aliphatic rings. The second kappa shape index (κ2) is 5.05. The summed E-state index contributed by atoms with van der Waals surface area (Å²) in [5.41, 5.74) is 1.20. The zero-order valence-corrected chi connectivity index (χ0v) is 9.45. The van der Waals surface area contributed by atoms with Crippen molar-refractivity contribution in [3.63, 3.8) is 0 Å². The van der Waals surface area contributed by atoms with E-state index >= 15 is 0 Å². The summed E-state index contributed by atoms with van der Waals surface area (Å²) in [6.07, 6.45) is 3.38. The lowest BCUT2D eigenvalue weighted by Crippen LogP contribution is -2.11. The summed E-state index contributed by atoms with van der Waals surface area (Å²) in [6, 6.07) is 3.43. The molecule has 0 saturated carbocycles. The van der Waals surface area contributed by atoms with E-state index in [1.54, 1.807) is 12.4 Å². The topological polar surface area (TPSA) is 29.9 Å². The van der Waals surface area contributed by atoms with Gasteiger partial charge in [0.15, 0.2) is 5.82 Å². The lowest BCUT2D eigenvalue weighted by molar-refractivity contribution is 0.573. The molecular formula is C12H13F2N3. The molecule has 2 aromatic rings. The number of hydrogen-bond donors (Lipinski definition) is 1. The lowest BCUT2D eigenvalue weighted by Gasteiger charge is -2.02. The van der Waals surface area contributed by atoms with E-state index in [9.17, 15) is 8.78 Å². The normalized spacial score (nSPS) is 10.8. The molecule has 3 nitrogen and oxygen atoms in total. The largest absolute Gasteiger partial charge is 0.313 e. The van der Waals surface area contributed by atoms with Crippen LogP contribution in [0.15, 0.2) is 30.6 Å². The molecule has 0 unspecified atom stereocenters. The fourth-order valence-corrected chi connectivity index (χ4v) is 1.52. The number of benzene rings is 1. The van der Waals surface area contributed by atoms with Crippen LogP contribution in [0.5, 0.6) is 0 Å². The fraction of sp³-hybridized carbons (Fsp3) is 0.250. The van der Waals surface area contributed by atoms with Crippen LogP contribution in [-0.2, 0) is 6.54 Å². The van der Waals surface area contributed by atoms with Crippen LogP contribution in [-0.4, -0.2) is 16.3 Å². The first kappa shape index (κ1) is 11.7. The van der Waals surface area contributed by atoms with Gasteiger partial charge >= 0.3 is 0 Å². The first-order valence-electron chi connectivity index (χ1n) is 5.40. The van der Waals surface area contributed by atoms with Crippen molar-refractivity contribution in [2.75, 3.05) is 6.54 Å². The molecule has 0 fully saturated rings. The number of rotatable bonds is 4. The summed E-state index contributed by atoms with van der Waals surface area (Å²) in [7, 11) is 0. The summed E-state index contributed by atoms with van der Waals surface area (Å²) in [6.45, 7) is 3.54. The Bertz CT molecular complexity index is 508. The van der Waals surface area contributed by atoms with Crippen molar-refractivity contribution in [2.45, 2.75) is 13.5 Å². The molecule has 0 saturated heterocycles. The zero-order valence-electron chi connectivity index (χ0n) is 9.45. The SMILES string of the molecule is CCNCc1cnn(-c2ccc(F)cc2F)c1. The van der Waals surface area contributed by atoms with Crippen LogP contribution in [0.4, 0.5) is 8.78 Å². The Morgan fingerprint density at radius 2 is 2.18 bits per heavy atom. The van der Waals surface area contributed by atoms with Crippen molar-refractivity contribution < 1.29 is 8.78 Å². The van der Waals surface area contributed by atoms with E-state index in [2.05, 4.69) is 10.4 Å². The van der Waals surface area contributed by atoms with Gasteiger partial charge in [-0.3, -0.25) is 0 Å². The minimum Gasteiger partial charge on any atom is -0.313 e. The van der Waals surface area contributed by atoms with Gasteiger partial charge < -0.3 is 5.32 Å². The van der Waals surface area contributed by atoms with Gasteiger partial charge in [0.05, 0.1) is 6.20 Å². The summed E-state index contributed by atoms with van der Waals surface area (Å²) >= 11 is 0. The maximum atomic E-state index is 13.5. The average Bonchev–Trinajstić information content (AvgIpc) is 2.75. The number of nitrogens with one attached hydrogen (secondary N) is 1. The number of aromatic nitrogens is 2. The van der Waals surface area contributed by atoms with Crippen LogP contribution >= 0.6 is 0 Å². The van der Waals surface area contributed by atoms with Crippen molar-refractivity contribution in [3.8, 4) is 5.69 Å². The van der Waals surface area contributed by atoms with E-state index in [0.29, 0.717) is 6.54 Å². The van der Waals surface area contributed by atoms with Gasteiger partial charge in [-0.15, -0.1) is 0 Å². The molecule has 1 N–H and O–H groups in total. The lowest BCUT2D eigenvalue weighted by atomic mass is 10.3. The Balaban J connectivity index is 2.24. The summed E-state index contributed by atoms with van der Waals surface area (Å²) < 4.78 is 27.6. The van der Waals surface area contributed by atoms with Gasteiger partial charge in [-0.05, 0) is 18.7 Å². The highest BCUT2D eigenvalue weighted by Gasteiger charge is 2.07. The van der Waals surface area contributed by atoms with Crippen LogP contribution in [0.2, 0.25) is 0 Å². The summed E-state index contributed by atoms with van der Waals surface area (Å²) in [5.74, 6) is -1.21. The molecule has 1 heterocycles. The van der Waals surface area contributed by atoms with Gasteiger partial charge in [0.2, 0.25) is 0 Å². The molecule has 0 radical (unpaired) electrons. The van der Waals surface area contributed by atoms with Crippen molar-refractivity contribution in [2.24, 2.45) is 0 Å². The third-order valence-electron chi connectivity index (χ3n) is 2.37. The number of nitrogens with zero attached hydrogens (tertiary/aromatic N) is 2. The maximum absolute atomic E-state index is 13.5. The molecule has 0 bridgehead atoms. The molecule has 5 heteroatoms. The molecule has 0 aliphatic heterocycles. The highest BCUT2D eigenvalue weighted by molar-refractivity contribution is 5.33. The molecule has 90 valence electrons. The molecule has 0 spiro atoms. The summed E-state index contributed by atoms with van der Waals surface area (Å²) in [4.78, 5) is 0. The Morgan fingerprint density at radius 3 is 2.88 bits per heavy atom. The van der Waals surface area contributed by atoms with Crippen LogP contribution in [0.25, 0.3) is 5.69 Å². The Kier molecular flexibility index (Phi) is 3.49. The van der Waals surface area contributed by atoms with Crippen LogP contribution in [0, 0.1) is 11.6 Å². The molecular weight excluding hydrogens is 224 g/mol. The highest BCUT2D eigenvalue weighted by atomic mass is 19.1. The Hall–Kier alpha value is -1.75. The molecule has 1 aromatic heterocycles. The first-order valence-corrected chi connectivity index (χ1v) is 5.40. The standard InChI is InChI=1S/C12H13F2N3/c1-2-15-6-9-7-16-17(8-9)12-4-3-10(13)5-11(12)14/h3-5,7-8,15H,2,6H2,1H3. The van der Waals surface area contributed by atoms with Gasteiger partial charge in [0, 0.05) is 24.4 Å². The van der Waals surface area contributed by atoms with Crippen LogP contribution in [0.1, 0.15) is 12.5 Å². The molecule has 0 atom stereocenters. The molecule has 2 rings (SSSR count). The summed E-state index contributed by atoms with van der Waals surface area (Å²) in [5, 5.41) is 7.19. The quantitative estimate of drug-likeness (QED) is 0.884. The van der Waals surface area contributed by atoms with Crippen molar-refractivity contribution in [3.05, 3.63) is 47.8 Å².